The van der Waals surface area contributed by atoms with Gasteiger partial charge in [-0.2, -0.15) is 0 Å². The van der Waals surface area contributed by atoms with Gasteiger partial charge in [-0.15, -0.1) is 0 Å². The lowest BCUT2D eigenvalue weighted by molar-refractivity contribution is -0.141. The molecule has 0 bridgehead atoms. The van der Waals surface area contributed by atoms with Crippen LogP contribution in [-0.2, 0) is 16.1 Å². The SMILES string of the molecule is CC[C@H](C)NC(=O)[C@H](CC)N(Cc1cccc(C)c1)C(=O)CCCOc1ccc(OC)cc1. The van der Waals surface area contributed by atoms with E-state index in [-0.39, 0.29) is 17.9 Å². The monoisotopic (exact) mass is 454 g/mol. The number of methoxy groups -OCH3 is 1. The minimum Gasteiger partial charge on any atom is -0.497 e. The fourth-order valence-corrected chi connectivity index (χ4v) is 3.60. The van der Waals surface area contributed by atoms with E-state index in [1.54, 1.807) is 12.0 Å². The number of aryl methyl sites for hydroxylation is 1. The van der Waals surface area contributed by atoms with Gasteiger partial charge in [0.15, 0.2) is 0 Å². The molecule has 180 valence electrons. The molecule has 0 radical (unpaired) electrons. The summed E-state index contributed by atoms with van der Waals surface area (Å²) in [5, 5.41) is 3.04. The van der Waals surface area contributed by atoms with Gasteiger partial charge in [0.2, 0.25) is 11.8 Å². The number of amides is 2. The van der Waals surface area contributed by atoms with Crippen molar-refractivity contribution in [2.24, 2.45) is 0 Å². The molecule has 0 saturated carbocycles. The lowest BCUT2D eigenvalue weighted by Gasteiger charge is -2.31. The number of hydrogen-bond donors (Lipinski definition) is 1. The highest BCUT2D eigenvalue weighted by Crippen LogP contribution is 2.18. The molecule has 0 fully saturated rings. The van der Waals surface area contributed by atoms with E-state index >= 15 is 0 Å². The molecule has 2 aromatic carbocycles. The Hall–Kier alpha value is -3.02. The van der Waals surface area contributed by atoms with Gasteiger partial charge in [0.25, 0.3) is 0 Å². The molecule has 2 aromatic rings. The Morgan fingerprint density at radius 2 is 1.73 bits per heavy atom. The third-order valence-electron chi connectivity index (χ3n) is 5.69. The van der Waals surface area contributed by atoms with E-state index < -0.39 is 6.04 Å². The maximum Gasteiger partial charge on any atom is 0.243 e. The Morgan fingerprint density at radius 3 is 2.33 bits per heavy atom. The molecule has 0 aliphatic heterocycles. The van der Waals surface area contributed by atoms with Gasteiger partial charge >= 0.3 is 0 Å². The molecular formula is C27H38N2O4. The van der Waals surface area contributed by atoms with E-state index in [1.807, 2.05) is 70.2 Å². The number of carbonyl (C=O) groups excluding carboxylic acids is 2. The lowest BCUT2D eigenvalue weighted by atomic mass is 10.1. The number of nitrogens with zero attached hydrogens (tertiary/aromatic N) is 1. The summed E-state index contributed by atoms with van der Waals surface area (Å²) >= 11 is 0. The van der Waals surface area contributed by atoms with Crippen LogP contribution in [0.15, 0.2) is 48.5 Å². The third-order valence-corrected chi connectivity index (χ3v) is 5.69. The van der Waals surface area contributed by atoms with Crippen LogP contribution < -0.4 is 14.8 Å². The van der Waals surface area contributed by atoms with Crippen LogP contribution in [0.3, 0.4) is 0 Å². The predicted molar refractivity (Wildman–Crippen MR) is 131 cm³/mol. The topological polar surface area (TPSA) is 67.9 Å². The van der Waals surface area contributed by atoms with Crippen molar-refractivity contribution >= 4 is 11.8 Å². The van der Waals surface area contributed by atoms with Gasteiger partial charge < -0.3 is 19.7 Å². The van der Waals surface area contributed by atoms with Crippen LogP contribution in [0.2, 0.25) is 0 Å². The van der Waals surface area contributed by atoms with Crippen LogP contribution in [-0.4, -0.2) is 42.5 Å². The van der Waals surface area contributed by atoms with Crippen molar-refractivity contribution in [3.05, 3.63) is 59.7 Å². The summed E-state index contributed by atoms with van der Waals surface area (Å²) in [7, 11) is 1.62. The molecule has 0 aromatic heterocycles. The summed E-state index contributed by atoms with van der Waals surface area (Å²) in [4.78, 5) is 28.0. The van der Waals surface area contributed by atoms with Crippen molar-refractivity contribution in [2.45, 2.75) is 72.0 Å². The molecule has 0 aliphatic carbocycles. The number of rotatable bonds is 13. The quantitative estimate of drug-likeness (QED) is 0.438. The van der Waals surface area contributed by atoms with E-state index in [9.17, 15) is 9.59 Å². The summed E-state index contributed by atoms with van der Waals surface area (Å²) in [6.45, 7) is 8.82. The second-order valence-electron chi connectivity index (χ2n) is 8.38. The fraction of sp³-hybridized carbons (Fsp3) is 0.481. The first-order chi connectivity index (χ1) is 15.9. The van der Waals surface area contributed by atoms with Crippen LogP contribution >= 0.6 is 0 Å². The molecule has 33 heavy (non-hydrogen) atoms. The highest BCUT2D eigenvalue weighted by Gasteiger charge is 2.28. The number of nitrogens with one attached hydrogen (secondary N) is 1. The summed E-state index contributed by atoms with van der Waals surface area (Å²) in [6.07, 6.45) is 2.28. The van der Waals surface area contributed by atoms with Gasteiger partial charge in [0.05, 0.1) is 13.7 Å². The first kappa shape index (κ1) is 26.2. The maximum absolute atomic E-state index is 13.3. The van der Waals surface area contributed by atoms with Crippen molar-refractivity contribution in [2.75, 3.05) is 13.7 Å². The van der Waals surface area contributed by atoms with Crippen LogP contribution in [0, 0.1) is 6.92 Å². The first-order valence-corrected chi connectivity index (χ1v) is 11.8. The largest absolute Gasteiger partial charge is 0.497 e. The minimum atomic E-state index is -0.505. The molecular weight excluding hydrogens is 416 g/mol. The smallest absolute Gasteiger partial charge is 0.243 e. The summed E-state index contributed by atoms with van der Waals surface area (Å²) in [5.74, 6) is 1.37. The molecule has 2 rings (SSSR count). The first-order valence-electron chi connectivity index (χ1n) is 11.8. The Kier molecular flexibility index (Phi) is 10.7. The van der Waals surface area contributed by atoms with Crippen molar-refractivity contribution in [3.8, 4) is 11.5 Å². The standard InChI is InChI=1S/C27H38N2O4/c1-6-21(4)28-27(31)25(7-2)29(19-22-11-8-10-20(3)18-22)26(30)12-9-17-33-24-15-13-23(32-5)14-16-24/h8,10-11,13-16,18,21,25H,6-7,9,12,17,19H2,1-5H3,(H,28,31)/t21-,25-/m0/s1. The zero-order valence-corrected chi connectivity index (χ0v) is 20.6. The lowest BCUT2D eigenvalue weighted by Crippen LogP contribution is -2.50. The van der Waals surface area contributed by atoms with Gasteiger partial charge in [-0.05, 0) is 62.9 Å². The van der Waals surface area contributed by atoms with E-state index in [0.29, 0.717) is 32.4 Å². The molecule has 2 atom stereocenters. The summed E-state index contributed by atoms with van der Waals surface area (Å²) < 4.78 is 10.9. The fourth-order valence-electron chi connectivity index (χ4n) is 3.60. The van der Waals surface area contributed by atoms with E-state index in [4.69, 9.17) is 9.47 Å². The van der Waals surface area contributed by atoms with Gasteiger partial charge in [-0.1, -0.05) is 43.7 Å². The van der Waals surface area contributed by atoms with Crippen molar-refractivity contribution in [3.63, 3.8) is 0 Å². The van der Waals surface area contributed by atoms with E-state index in [1.165, 1.54) is 0 Å². The van der Waals surface area contributed by atoms with Crippen molar-refractivity contribution in [1.29, 1.82) is 0 Å². The van der Waals surface area contributed by atoms with Gasteiger partial charge in [0.1, 0.15) is 17.5 Å². The van der Waals surface area contributed by atoms with Crippen LogP contribution in [0.4, 0.5) is 0 Å². The van der Waals surface area contributed by atoms with Gasteiger partial charge in [0, 0.05) is 19.0 Å². The zero-order chi connectivity index (χ0) is 24.2. The summed E-state index contributed by atoms with van der Waals surface area (Å²) in [6, 6.07) is 15.0. The Labute approximate surface area is 198 Å². The van der Waals surface area contributed by atoms with Gasteiger partial charge in [-0.25, -0.2) is 0 Å². The van der Waals surface area contributed by atoms with Crippen LogP contribution in [0.5, 0.6) is 11.5 Å². The minimum absolute atomic E-state index is 0.0408. The third kappa shape index (κ3) is 8.44. The average molecular weight is 455 g/mol. The molecule has 0 saturated heterocycles. The molecule has 0 unspecified atom stereocenters. The second kappa shape index (κ2) is 13.5. The highest BCUT2D eigenvalue weighted by molar-refractivity contribution is 5.87. The van der Waals surface area contributed by atoms with Crippen LogP contribution in [0.1, 0.15) is 57.6 Å². The Morgan fingerprint density at radius 1 is 1.03 bits per heavy atom. The molecule has 6 nitrogen and oxygen atoms in total. The maximum atomic E-state index is 13.3. The normalized spacial score (nSPS) is 12.5. The molecule has 0 aliphatic rings. The number of carbonyl (C=O) groups is 2. The number of ether oxygens (including phenoxy) is 2. The zero-order valence-electron chi connectivity index (χ0n) is 20.6. The van der Waals surface area contributed by atoms with E-state index in [2.05, 4.69) is 11.4 Å². The van der Waals surface area contributed by atoms with Crippen LogP contribution in [0.25, 0.3) is 0 Å². The highest BCUT2D eigenvalue weighted by atomic mass is 16.5. The van der Waals surface area contributed by atoms with Crippen molar-refractivity contribution in [1.82, 2.24) is 10.2 Å². The predicted octanol–water partition coefficient (Wildman–Crippen LogP) is 4.88. The Bertz CT molecular complexity index is 882. The molecule has 0 spiro atoms. The Balaban J connectivity index is 2.05. The van der Waals surface area contributed by atoms with E-state index in [0.717, 1.165) is 29.0 Å². The number of hydrogen-bond acceptors (Lipinski definition) is 4. The average Bonchev–Trinajstić information content (AvgIpc) is 2.81. The molecule has 1 N–H and O–H groups in total. The number of benzene rings is 2. The molecule has 2 amide bonds. The molecule has 6 heteroatoms. The second-order valence-corrected chi connectivity index (χ2v) is 8.38. The molecule has 0 heterocycles. The van der Waals surface area contributed by atoms with Crippen molar-refractivity contribution < 1.29 is 19.1 Å². The summed E-state index contributed by atoms with van der Waals surface area (Å²) in [5.41, 5.74) is 2.15. The van der Waals surface area contributed by atoms with Gasteiger partial charge in [-0.3, -0.25) is 9.59 Å².